The van der Waals surface area contributed by atoms with Gasteiger partial charge in [0.15, 0.2) is 0 Å². The zero-order valence-electron chi connectivity index (χ0n) is 29.5. The molecular formula is C50H29N5. The maximum absolute atomic E-state index is 10.4. The highest BCUT2D eigenvalue weighted by molar-refractivity contribution is 6.17. The van der Waals surface area contributed by atoms with Crippen LogP contribution >= 0.6 is 0 Å². The van der Waals surface area contributed by atoms with Crippen molar-refractivity contribution in [3.05, 3.63) is 187 Å². The molecule has 0 amide bonds. The van der Waals surface area contributed by atoms with Gasteiger partial charge in [0.25, 0.3) is 0 Å². The van der Waals surface area contributed by atoms with Crippen molar-refractivity contribution in [2.75, 3.05) is 0 Å². The number of nitrogens with zero attached hydrogens (tertiary/aromatic N) is 5. The molecule has 254 valence electrons. The standard InChI is InChI=1S/C50H29N5/c51-30-32-24-25-47-41(28-32)50-48(22-11-23-49(50)55-45-20-9-4-15-39(45)40-16-5-10-21-46(40)55)54(47)42-17-6-1-12-36(42)34-26-33(31-52)27-35(29-34)53-43-18-7-2-13-37(43)38-14-3-8-19-44(38)53/h1-29H. The quantitative estimate of drug-likeness (QED) is 0.184. The average Bonchev–Trinajstić information content (AvgIpc) is 3.89. The Kier molecular flexibility index (Phi) is 6.61. The predicted octanol–water partition coefficient (Wildman–Crippen LogP) is 12.4. The summed E-state index contributed by atoms with van der Waals surface area (Å²) in [6, 6.07) is 65.9. The molecule has 11 rings (SSSR count). The molecule has 5 nitrogen and oxygen atoms in total. The molecule has 0 aliphatic rings. The van der Waals surface area contributed by atoms with Crippen molar-refractivity contribution in [2.45, 2.75) is 0 Å². The van der Waals surface area contributed by atoms with E-state index in [1.54, 1.807) is 0 Å². The topological polar surface area (TPSA) is 62.4 Å². The van der Waals surface area contributed by atoms with Crippen molar-refractivity contribution in [1.82, 2.24) is 13.7 Å². The molecule has 8 aromatic carbocycles. The summed E-state index contributed by atoms with van der Waals surface area (Å²) >= 11 is 0. The SMILES string of the molecule is N#Cc1cc(-c2ccccc2-n2c3ccc(C#N)cc3c3c(-n4c5ccccc5c5ccccc54)cccc32)cc(-n2c3ccccc3c3ccccc32)c1. The summed E-state index contributed by atoms with van der Waals surface area (Å²) in [5.41, 5.74) is 12.5. The molecule has 0 spiro atoms. The number of para-hydroxylation sites is 5. The van der Waals surface area contributed by atoms with E-state index in [1.807, 2.05) is 24.3 Å². The van der Waals surface area contributed by atoms with E-state index >= 15 is 0 Å². The highest BCUT2D eigenvalue weighted by Gasteiger charge is 2.22. The fraction of sp³-hybridized carbons (Fsp3) is 0. The van der Waals surface area contributed by atoms with Crippen LogP contribution in [0, 0.1) is 22.7 Å². The molecule has 0 N–H and O–H groups in total. The highest BCUT2D eigenvalue weighted by atomic mass is 15.0. The zero-order valence-corrected chi connectivity index (χ0v) is 29.5. The Morgan fingerprint density at radius 2 is 0.836 bits per heavy atom. The number of nitriles is 2. The van der Waals surface area contributed by atoms with Crippen molar-refractivity contribution >= 4 is 65.4 Å². The van der Waals surface area contributed by atoms with Crippen molar-refractivity contribution in [1.29, 1.82) is 10.5 Å². The van der Waals surface area contributed by atoms with Gasteiger partial charge in [-0.25, -0.2) is 0 Å². The van der Waals surface area contributed by atoms with E-state index in [-0.39, 0.29) is 0 Å². The summed E-state index contributed by atoms with van der Waals surface area (Å²) in [4.78, 5) is 0. The molecule has 0 radical (unpaired) electrons. The van der Waals surface area contributed by atoms with E-state index in [9.17, 15) is 10.5 Å². The van der Waals surface area contributed by atoms with Gasteiger partial charge >= 0.3 is 0 Å². The summed E-state index contributed by atoms with van der Waals surface area (Å²) in [6.07, 6.45) is 0. The summed E-state index contributed by atoms with van der Waals surface area (Å²) in [7, 11) is 0. The lowest BCUT2D eigenvalue weighted by atomic mass is 10.00. The third-order valence-electron chi connectivity index (χ3n) is 11.1. The fourth-order valence-corrected chi connectivity index (χ4v) is 8.82. The van der Waals surface area contributed by atoms with Gasteiger partial charge in [0.2, 0.25) is 0 Å². The van der Waals surface area contributed by atoms with Crippen LogP contribution < -0.4 is 0 Å². The first-order chi connectivity index (χ1) is 27.2. The number of hydrogen-bond donors (Lipinski definition) is 0. The largest absolute Gasteiger partial charge is 0.309 e. The van der Waals surface area contributed by atoms with Gasteiger partial charge in [-0.3, -0.25) is 0 Å². The van der Waals surface area contributed by atoms with E-state index in [2.05, 4.69) is 177 Å². The lowest BCUT2D eigenvalue weighted by molar-refractivity contribution is 1.16. The number of aromatic nitrogens is 3. The Morgan fingerprint density at radius 3 is 1.45 bits per heavy atom. The van der Waals surface area contributed by atoms with Crippen LogP contribution in [0.25, 0.3) is 93.6 Å². The van der Waals surface area contributed by atoms with Gasteiger partial charge in [0.1, 0.15) is 0 Å². The van der Waals surface area contributed by atoms with Gasteiger partial charge < -0.3 is 13.7 Å². The molecule has 55 heavy (non-hydrogen) atoms. The lowest BCUT2D eigenvalue weighted by Gasteiger charge is -2.16. The normalized spacial score (nSPS) is 11.6. The smallest absolute Gasteiger partial charge is 0.0992 e. The highest BCUT2D eigenvalue weighted by Crippen LogP contribution is 2.42. The molecule has 0 atom stereocenters. The third kappa shape index (κ3) is 4.45. The maximum atomic E-state index is 10.4. The molecule has 3 heterocycles. The molecule has 11 aromatic rings. The molecule has 3 aromatic heterocycles. The van der Waals surface area contributed by atoms with Crippen LogP contribution in [0.2, 0.25) is 0 Å². The minimum Gasteiger partial charge on any atom is -0.309 e. The monoisotopic (exact) mass is 699 g/mol. The molecule has 0 unspecified atom stereocenters. The first-order valence-electron chi connectivity index (χ1n) is 18.3. The van der Waals surface area contributed by atoms with E-state index in [4.69, 9.17) is 0 Å². The Labute approximate surface area is 316 Å². The molecular weight excluding hydrogens is 671 g/mol. The van der Waals surface area contributed by atoms with Crippen LogP contribution in [0.5, 0.6) is 0 Å². The minimum atomic E-state index is 0.582. The number of benzene rings is 8. The van der Waals surface area contributed by atoms with Gasteiger partial charge in [0, 0.05) is 43.6 Å². The van der Waals surface area contributed by atoms with Gasteiger partial charge in [-0.1, -0.05) is 97.1 Å². The zero-order chi connectivity index (χ0) is 36.6. The first-order valence-corrected chi connectivity index (χ1v) is 18.3. The first kappa shape index (κ1) is 30.7. The second-order valence-corrected chi connectivity index (χ2v) is 14.0. The molecule has 0 fully saturated rings. The van der Waals surface area contributed by atoms with Crippen molar-refractivity contribution in [2.24, 2.45) is 0 Å². The van der Waals surface area contributed by atoms with Crippen LogP contribution in [0.15, 0.2) is 176 Å². The summed E-state index contributed by atoms with van der Waals surface area (Å²) in [6.45, 7) is 0. The average molecular weight is 700 g/mol. The van der Waals surface area contributed by atoms with Crippen LogP contribution in [0.4, 0.5) is 0 Å². The molecule has 0 saturated carbocycles. The molecule has 0 saturated heterocycles. The number of fused-ring (bicyclic) bond motifs is 9. The number of hydrogen-bond acceptors (Lipinski definition) is 2. The molecule has 0 aliphatic heterocycles. The van der Waals surface area contributed by atoms with Crippen LogP contribution in [0.3, 0.4) is 0 Å². The van der Waals surface area contributed by atoms with Gasteiger partial charge in [-0.15, -0.1) is 0 Å². The molecule has 0 bridgehead atoms. The van der Waals surface area contributed by atoms with Crippen LogP contribution in [-0.4, -0.2) is 13.7 Å². The minimum absolute atomic E-state index is 0.582. The van der Waals surface area contributed by atoms with E-state index < -0.39 is 0 Å². The Hall–Kier alpha value is -7.86. The number of rotatable bonds is 4. The van der Waals surface area contributed by atoms with Crippen molar-refractivity contribution < 1.29 is 0 Å². The summed E-state index contributed by atoms with van der Waals surface area (Å²) in [5.74, 6) is 0. The Balaban J connectivity index is 1.21. The van der Waals surface area contributed by atoms with Crippen LogP contribution in [-0.2, 0) is 0 Å². The molecule has 0 aliphatic carbocycles. The second kappa shape index (κ2) is 11.8. The Bertz CT molecular complexity index is 3360. The summed E-state index contributed by atoms with van der Waals surface area (Å²) in [5, 5.41) is 27.3. The third-order valence-corrected chi connectivity index (χ3v) is 11.1. The predicted molar refractivity (Wildman–Crippen MR) is 224 cm³/mol. The second-order valence-electron chi connectivity index (χ2n) is 14.0. The van der Waals surface area contributed by atoms with E-state index in [1.165, 1.54) is 21.5 Å². The van der Waals surface area contributed by atoms with Gasteiger partial charge in [-0.05, 0) is 84.4 Å². The Morgan fingerprint density at radius 1 is 0.345 bits per heavy atom. The van der Waals surface area contributed by atoms with E-state index in [0.717, 1.165) is 72.1 Å². The van der Waals surface area contributed by atoms with Gasteiger partial charge in [0.05, 0.1) is 67.7 Å². The summed E-state index contributed by atoms with van der Waals surface area (Å²) < 4.78 is 6.94. The van der Waals surface area contributed by atoms with Gasteiger partial charge in [-0.2, -0.15) is 10.5 Å². The van der Waals surface area contributed by atoms with Crippen molar-refractivity contribution in [3.8, 4) is 40.3 Å². The lowest BCUT2D eigenvalue weighted by Crippen LogP contribution is -2.00. The maximum Gasteiger partial charge on any atom is 0.0992 e. The fourth-order valence-electron chi connectivity index (χ4n) is 8.82. The van der Waals surface area contributed by atoms with Crippen LogP contribution in [0.1, 0.15) is 11.1 Å². The van der Waals surface area contributed by atoms with Crippen molar-refractivity contribution in [3.63, 3.8) is 0 Å². The van der Waals surface area contributed by atoms with E-state index in [0.29, 0.717) is 11.1 Å². The molecule has 5 heteroatoms.